The Morgan fingerprint density at radius 1 is 1.29 bits per heavy atom. The second-order valence-corrected chi connectivity index (χ2v) is 4.61. The highest BCUT2D eigenvalue weighted by atomic mass is 14.9. The van der Waals surface area contributed by atoms with Gasteiger partial charge in [-0.1, -0.05) is 0 Å². The summed E-state index contributed by atoms with van der Waals surface area (Å²) in [4.78, 5) is 0. The molecule has 1 atom stereocenters. The summed E-state index contributed by atoms with van der Waals surface area (Å²) in [5.41, 5.74) is 23.5. The third-order valence-electron chi connectivity index (χ3n) is 3.42. The van der Waals surface area contributed by atoms with Crippen molar-refractivity contribution in [1.82, 2.24) is 0 Å². The lowest BCUT2D eigenvalue weighted by atomic mass is 9.74. The second kappa shape index (κ2) is 5.07. The molecule has 0 amide bonds. The van der Waals surface area contributed by atoms with Gasteiger partial charge >= 0.3 is 0 Å². The van der Waals surface area contributed by atoms with Gasteiger partial charge in [0.1, 0.15) is 0 Å². The molecule has 1 rings (SSSR count). The molecule has 1 unspecified atom stereocenters. The first-order valence-electron chi connectivity index (χ1n) is 5.58. The largest absolute Gasteiger partial charge is 0.330 e. The summed E-state index contributed by atoms with van der Waals surface area (Å²) in [7, 11) is 0. The highest BCUT2D eigenvalue weighted by Gasteiger charge is 2.35. The summed E-state index contributed by atoms with van der Waals surface area (Å²) >= 11 is 0. The first kappa shape index (κ1) is 11.9. The molecule has 0 aromatic rings. The van der Waals surface area contributed by atoms with Gasteiger partial charge in [-0.2, -0.15) is 0 Å². The zero-order valence-corrected chi connectivity index (χ0v) is 8.91. The molecule has 0 heterocycles. The smallest absolute Gasteiger partial charge is 0.0308 e. The number of nitrogens with two attached hydrogens (primary N) is 4. The highest BCUT2D eigenvalue weighted by Crippen LogP contribution is 2.28. The van der Waals surface area contributed by atoms with E-state index in [1.165, 1.54) is 0 Å². The quantitative estimate of drug-likeness (QED) is 0.498. The lowest BCUT2D eigenvalue weighted by Crippen LogP contribution is -2.58. The molecule has 8 N–H and O–H groups in total. The first-order chi connectivity index (χ1) is 6.58. The van der Waals surface area contributed by atoms with Crippen LogP contribution in [0.15, 0.2) is 0 Å². The van der Waals surface area contributed by atoms with Crippen LogP contribution in [-0.2, 0) is 0 Å². The number of rotatable bonds is 4. The van der Waals surface area contributed by atoms with Gasteiger partial charge in [0.25, 0.3) is 0 Å². The van der Waals surface area contributed by atoms with Crippen molar-refractivity contribution in [3.63, 3.8) is 0 Å². The van der Waals surface area contributed by atoms with Gasteiger partial charge in [-0.3, -0.25) is 0 Å². The van der Waals surface area contributed by atoms with Gasteiger partial charge in [-0.25, -0.2) is 0 Å². The van der Waals surface area contributed by atoms with E-state index in [1.54, 1.807) is 0 Å². The van der Waals surface area contributed by atoms with Gasteiger partial charge in [0.05, 0.1) is 0 Å². The van der Waals surface area contributed by atoms with E-state index in [4.69, 9.17) is 22.9 Å². The summed E-state index contributed by atoms with van der Waals surface area (Å²) in [6, 6.07) is 0.409. The molecule has 0 spiro atoms. The maximum absolute atomic E-state index is 6.28. The van der Waals surface area contributed by atoms with Gasteiger partial charge in [-0.15, -0.1) is 0 Å². The molecule has 0 aromatic carbocycles. The van der Waals surface area contributed by atoms with Crippen molar-refractivity contribution < 1.29 is 0 Å². The van der Waals surface area contributed by atoms with E-state index in [0.29, 0.717) is 12.6 Å². The minimum absolute atomic E-state index is 0.0820. The van der Waals surface area contributed by atoms with Gasteiger partial charge in [0, 0.05) is 17.6 Å². The lowest BCUT2D eigenvalue weighted by Gasteiger charge is -2.40. The van der Waals surface area contributed by atoms with E-state index in [-0.39, 0.29) is 11.6 Å². The molecule has 0 bridgehead atoms. The maximum atomic E-state index is 6.28. The Morgan fingerprint density at radius 2 is 1.86 bits per heavy atom. The van der Waals surface area contributed by atoms with Crippen molar-refractivity contribution >= 4 is 0 Å². The minimum atomic E-state index is -0.189. The van der Waals surface area contributed by atoms with Crippen LogP contribution in [0.25, 0.3) is 0 Å². The van der Waals surface area contributed by atoms with E-state index in [1.807, 2.05) is 0 Å². The van der Waals surface area contributed by atoms with Gasteiger partial charge in [0.2, 0.25) is 0 Å². The number of hydrogen-bond donors (Lipinski definition) is 4. The Balaban J connectivity index is 2.40. The zero-order valence-electron chi connectivity index (χ0n) is 8.91. The lowest BCUT2D eigenvalue weighted by molar-refractivity contribution is 0.222. The molecule has 1 saturated carbocycles. The van der Waals surface area contributed by atoms with Crippen molar-refractivity contribution in [1.29, 1.82) is 0 Å². The van der Waals surface area contributed by atoms with E-state index in [2.05, 4.69) is 0 Å². The monoisotopic (exact) mass is 200 g/mol. The molecule has 14 heavy (non-hydrogen) atoms. The van der Waals surface area contributed by atoms with E-state index >= 15 is 0 Å². The molecule has 0 saturated heterocycles. The fraction of sp³-hybridized carbons (Fsp3) is 1.00. The van der Waals surface area contributed by atoms with Crippen LogP contribution < -0.4 is 22.9 Å². The Morgan fingerprint density at radius 3 is 2.36 bits per heavy atom. The fourth-order valence-electron chi connectivity index (χ4n) is 2.17. The predicted octanol–water partition coefficient (Wildman–Crippen LogP) is -0.349. The third kappa shape index (κ3) is 2.92. The standard InChI is InChI=1S/C10H24N4/c11-7-1-2-9(13)10(14)5-3-8(12)4-6-10/h8-9H,1-7,11-14H2. The van der Waals surface area contributed by atoms with Crippen LogP contribution in [0.1, 0.15) is 38.5 Å². The summed E-state index contributed by atoms with van der Waals surface area (Å²) in [6.07, 6.45) is 5.83. The Labute approximate surface area is 86.4 Å². The molecule has 1 aliphatic carbocycles. The summed E-state index contributed by atoms with van der Waals surface area (Å²) in [5.74, 6) is 0. The van der Waals surface area contributed by atoms with Crippen molar-refractivity contribution in [3.05, 3.63) is 0 Å². The SMILES string of the molecule is NCCCC(N)C1(N)CCC(N)CC1. The van der Waals surface area contributed by atoms with Gasteiger partial charge in [-0.05, 0) is 45.1 Å². The van der Waals surface area contributed by atoms with E-state index < -0.39 is 0 Å². The first-order valence-corrected chi connectivity index (χ1v) is 5.58. The number of hydrogen-bond acceptors (Lipinski definition) is 4. The highest BCUT2D eigenvalue weighted by molar-refractivity contribution is 4.98. The Bertz CT molecular complexity index is 164. The molecule has 1 aliphatic rings. The average molecular weight is 200 g/mol. The van der Waals surface area contributed by atoms with Crippen LogP contribution in [0, 0.1) is 0 Å². The predicted molar refractivity (Wildman–Crippen MR) is 59.6 cm³/mol. The summed E-state index contributed by atoms with van der Waals surface area (Å²) < 4.78 is 0. The molecule has 4 heteroatoms. The third-order valence-corrected chi connectivity index (χ3v) is 3.42. The van der Waals surface area contributed by atoms with Crippen LogP contribution >= 0.6 is 0 Å². The normalized spacial score (nSPS) is 35.6. The van der Waals surface area contributed by atoms with Crippen LogP contribution in [0.2, 0.25) is 0 Å². The summed E-state index contributed by atoms with van der Waals surface area (Å²) in [6.45, 7) is 0.698. The van der Waals surface area contributed by atoms with E-state index in [0.717, 1.165) is 38.5 Å². The van der Waals surface area contributed by atoms with Crippen molar-refractivity contribution in [2.45, 2.75) is 56.1 Å². The minimum Gasteiger partial charge on any atom is -0.330 e. The molecule has 0 radical (unpaired) electrons. The van der Waals surface area contributed by atoms with Crippen LogP contribution in [0.5, 0.6) is 0 Å². The van der Waals surface area contributed by atoms with Crippen LogP contribution in [-0.4, -0.2) is 24.2 Å². The molecule has 84 valence electrons. The Hall–Kier alpha value is -0.160. The molecule has 0 aliphatic heterocycles. The fourth-order valence-corrected chi connectivity index (χ4v) is 2.17. The summed E-state index contributed by atoms with van der Waals surface area (Å²) in [5, 5.41) is 0. The van der Waals surface area contributed by atoms with Crippen molar-refractivity contribution in [2.75, 3.05) is 6.54 Å². The van der Waals surface area contributed by atoms with Crippen molar-refractivity contribution in [2.24, 2.45) is 22.9 Å². The molecule has 4 nitrogen and oxygen atoms in total. The van der Waals surface area contributed by atoms with Gasteiger partial charge in [0.15, 0.2) is 0 Å². The molecular weight excluding hydrogens is 176 g/mol. The molecule has 1 fully saturated rings. The molecular formula is C10H24N4. The van der Waals surface area contributed by atoms with Gasteiger partial charge < -0.3 is 22.9 Å². The van der Waals surface area contributed by atoms with E-state index in [9.17, 15) is 0 Å². The molecule has 0 aromatic heterocycles. The van der Waals surface area contributed by atoms with Crippen LogP contribution in [0.4, 0.5) is 0 Å². The van der Waals surface area contributed by atoms with Crippen LogP contribution in [0.3, 0.4) is 0 Å². The zero-order chi connectivity index (χ0) is 10.6. The van der Waals surface area contributed by atoms with Crippen molar-refractivity contribution in [3.8, 4) is 0 Å². The second-order valence-electron chi connectivity index (χ2n) is 4.61. The maximum Gasteiger partial charge on any atom is 0.0308 e. The Kier molecular flexibility index (Phi) is 4.31. The topological polar surface area (TPSA) is 104 Å². The average Bonchev–Trinajstić information content (AvgIpc) is 2.19.